The second kappa shape index (κ2) is 4.11. The minimum Gasteiger partial charge on any atom is -0.478 e. The summed E-state index contributed by atoms with van der Waals surface area (Å²) in [6.07, 6.45) is 1.07. The molecule has 1 aromatic heterocycles. The Kier molecular flexibility index (Phi) is 2.76. The van der Waals surface area contributed by atoms with Crippen LogP contribution in [-0.4, -0.2) is 21.0 Å². The molecule has 0 unspecified atom stereocenters. The van der Waals surface area contributed by atoms with Crippen molar-refractivity contribution in [2.75, 3.05) is 5.73 Å². The first-order valence-corrected chi connectivity index (χ1v) is 5.05. The first kappa shape index (κ1) is 12.1. The van der Waals surface area contributed by atoms with Gasteiger partial charge in [0, 0.05) is 23.7 Å². The number of benzene rings is 1. The number of nitrogens with zero attached hydrogens (tertiary/aromatic N) is 2. The number of hydrogen-bond acceptors (Lipinski definition) is 5. The third kappa shape index (κ3) is 1.80. The van der Waals surface area contributed by atoms with Crippen molar-refractivity contribution >= 4 is 39.8 Å². The summed E-state index contributed by atoms with van der Waals surface area (Å²) < 4.78 is 0. The first-order chi connectivity index (χ1) is 8.41. The van der Waals surface area contributed by atoms with Crippen LogP contribution >= 0.6 is 11.6 Å². The average Bonchev–Trinajstić information content (AvgIpc) is 2.29. The number of hydrogen-bond donors (Lipinski definition) is 2. The Hall–Kier alpha value is -2.41. The fourth-order valence-electron chi connectivity index (χ4n) is 1.54. The molecule has 1 aromatic carbocycles. The molecule has 0 spiro atoms. The Balaban J connectivity index is 2.87. The van der Waals surface area contributed by atoms with Crippen LogP contribution in [0.3, 0.4) is 0 Å². The van der Waals surface area contributed by atoms with Crippen molar-refractivity contribution in [1.82, 2.24) is 4.98 Å². The molecule has 0 fully saturated rings. The number of nitrogen functional groups attached to an aromatic ring is 1. The third-order valence-corrected chi connectivity index (χ3v) is 2.68. The van der Waals surface area contributed by atoms with Crippen molar-refractivity contribution in [3.05, 3.63) is 39.0 Å². The number of aromatic carboxylic acids is 1. The molecule has 8 heteroatoms. The maximum atomic E-state index is 10.9. The molecule has 0 radical (unpaired) electrons. The Labute approximate surface area is 105 Å². The zero-order valence-corrected chi connectivity index (χ0v) is 9.51. The van der Waals surface area contributed by atoms with Crippen LogP contribution in [0, 0.1) is 10.1 Å². The van der Waals surface area contributed by atoms with Crippen LogP contribution in [0.5, 0.6) is 0 Å². The minimum atomic E-state index is -1.26. The molecule has 0 bridgehead atoms. The Morgan fingerprint density at radius 2 is 2.17 bits per heavy atom. The Morgan fingerprint density at radius 3 is 2.72 bits per heavy atom. The van der Waals surface area contributed by atoms with Crippen LogP contribution in [0.4, 0.5) is 11.4 Å². The number of nitrogens with two attached hydrogens (primary N) is 1. The fourth-order valence-corrected chi connectivity index (χ4v) is 1.80. The summed E-state index contributed by atoms with van der Waals surface area (Å²) in [5.41, 5.74) is 5.29. The van der Waals surface area contributed by atoms with Gasteiger partial charge in [-0.25, -0.2) is 4.79 Å². The van der Waals surface area contributed by atoms with E-state index in [2.05, 4.69) is 4.98 Å². The Morgan fingerprint density at radius 1 is 1.50 bits per heavy atom. The summed E-state index contributed by atoms with van der Waals surface area (Å²) in [7, 11) is 0. The Bertz CT molecular complexity index is 686. The van der Waals surface area contributed by atoms with Crippen molar-refractivity contribution in [3.63, 3.8) is 0 Å². The standard InChI is InChI=1S/C10H6ClN3O4/c11-7-2-4(14(17)18)1-5-8(12)6(10(15)16)3-13-9(5)7/h1-3H,(H2,12,13)(H,15,16). The molecule has 0 saturated heterocycles. The van der Waals surface area contributed by atoms with E-state index in [0.29, 0.717) is 0 Å². The van der Waals surface area contributed by atoms with Gasteiger partial charge in [0.15, 0.2) is 0 Å². The summed E-state index contributed by atoms with van der Waals surface area (Å²) in [6, 6.07) is 2.28. The molecule has 2 aromatic rings. The molecule has 92 valence electrons. The second-order valence-electron chi connectivity index (χ2n) is 3.47. The number of rotatable bonds is 2. The van der Waals surface area contributed by atoms with Crippen LogP contribution in [0.2, 0.25) is 5.02 Å². The van der Waals surface area contributed by atoms with Gasteiger partial charge < -0.3 is 10.8 Å². The number of nitro benzene ring substituents is 1. The summed E-state index contributed by atoms with van der Waals surface area (Å²) in [6.45, 7) is 0. The third-order valence-electron chi connectivity index (χ3n) is 2.39. The number of aromatic nitrogens is 1. The number of non-ortho nitro benzene ring substituents is 1. The lowest BCUT2D eigenvalue weighted by atomic mass is 10.1. The molecule has 0 aliphatic carbocycles. The van der Waals surface area contributed by atoms with Gasteiger partial charge in [-0.05, 0) is 0 Å². The lowest BCUT2D eigenvalue weighted by Crippen LogP contribution is -2.04. The van der Waals surface area contributed by atoms with Gasteiger partial charge in [0.05, 0.1) is 21.2 Å². The van der Waals surface area contributed by atoms with Crippen LogP contribution < -0.4 is 5.73 Å². The van der Waals surface area contributed by atoms with Gasteiger partial charge >= 0.3 is 5.97 Å². The number of carboxylic acid groups (broad SMARTS) is 1. The molecule has 2 rings (SSSR count). The summed E-state index contributed by atoms with van der Waals surface area (Å²) in [5, 5.41) is 19.8. The minimum absolute atomic E-state index is 0.0443. The average molecular weight is 268 g/mol. The molecule has 0 saturated carbocycles. The van der Waals surface area contributed by atoms with E-state index in [1.54, 1.807) is 0 Å². The van der Waals surface area contributed by atoms with E-state index in [0.717, 1.165) is 18.3 Å². The number of nitro groups is 1. The number of halogens is 1. The van der Waals surface area contributed by atoms with Crippen molar-refractivity contribution < 1.29 is 14.8 Å². The highest BCUT2D eigenvalue weighted by Crippen LogP contribution is 2.32. The number of fused-ring (bicyclic) bond motifs is 1. The summed E-state index contributed by atoms with van der Waals surface area (Å²) in [4.78, 5) is 24.8. The van der Waals surface area contributed by atoms with E-state index in [1.165, 1.54) is 0 Å². The highest BCUT2D eigenvalue weighted by Gasteiger charge is 2.17. The molecular formula is C10H6ClN3O4. The number of carbonyl (C=O) groups is 1. The zero-order valence-electron chi connectivity index (χ0n) is 8.75. The van der Waals surface area contributed by atoms with Gasteiger partial charge in [-0.1, -0.05) is 11.6 Å². The largest absolute Gasteiger partial charge is 0.478 e. The number of carboxylic acids is 1. The van der Waals surface area contributed by atoms with E-state index < -0.39 is 10.9 Å². The van der Waals surface area contributed by atoms with Crippen LogP contribution in [0.25, 0.3) is 10.9 Å². The van der Waals surface area contributed by atoms with Crippen LogP contribution in [0.15, 0.2) is 18.3 Å². The molecule has 7 nitrogen and oxygen atoms in total. The van der Waals surface area contributed by atoms with E-state index in [4.69, 9.17) is 22.4 Å². The van der Waals surface area contributed by atoms with Gasteiger partial charge in [-0.3, -0.25) is 15.1 Å². The molecule has 3 N–H and O–H groups in total. The van der Waals surface area contributed by atoms with Crippen LogP contribution in [0.1, 0.15) is 10.4 Å². The van der Waals surface area contributed by atoms with Crippen molar-refractivity contribution in [3.8, 4) is 0 Å². The quantitative estimate of drug-likeness (QED) is 0.635. The lowest BCUT2D eigenvalue weighted by Gasteiger charge is -2.06. The number of anilines is 1. The van der Waals surface area contributed by atoms with Crippen LogP contribution in [-0.2, 0) is 0 Å². The number of pyridine rings is 1. The SMILES string of the molecule is Nc1c(C(=O)O)cnc2c(Cl)cc([N+](=O)[O-])cc12. The van der Waals surface area contributed by atoms with Gasteiger partial charge in [-0.15, -0.1) is 0 Å². The second-order valence-corrected chi connectivity index (χ2v) is 3.88. The normalized spacial score (nSPS) is 10.5. The van der Waals surface area contributed by atoms with Crippen molar-refractivity contribution in [2.45, 2.75) is 0 Å². The van der Waals surface area contributed by atoms with Gasteiger partial charge in [0.25, 0.3) is 5.69 Å². The molecule has 0 amide bonds. The van der Waals surface area contributed by atoms with Gasteiger partial charge in [0.2, 0.25) is 0 Å². The molecular weight excluding hydrogens is 262 g/mol. The molecule has 0 aliphatic heterocycles. The molecule has 0 atom stereocenters. The molecule has 18 heavy (non-hydrogen) atoms. The summed E-state index contributed by atoms with van der Waals surface area (Å²) in [5.74, 6) is -1.26. The maximum absolute atomic E-state index is 10.9. The highest BCUT2D eigenvalue weighted by atomic mass is 35.5. The molecule has 1 heterocycles. The lowest BCUT2D eigenvalue weighted by molar-refractivity contribution is -0.384. The fraction of sp³-hybridized carbons (Fsp3) is 0. The van der Waals surface area contributed by atoms with E-state index >= 15 is 0 Å². The summed E-state index contributed by atoms with van der Waals surface area (Å²) >= 11 is 5.84. The molecule has 0 aliphatic rings. The van der Waals surface area contributed by atoms with E-state index in [1.807, 2.05) is 0 Å². The van der Waals surface area contributed by atoms with E-state index in [-0.39, 0.29) is 32.9 Å². The van der Waals surface area contributed by atoms with E-state index in [9.17, 15) is 14.9 Å². The maximum Gasteiger partial charge on any atom is 0.339 e. The topological polar surface area (TPSA) is 119 Å². The van der Waals surface area contributed by atoms with Crippen molar-refractivity contribution in [2.24, 2.45) is 0 Å². The zero-order chi connectivity index (χ0) is 13.4. The monoisotopic (exact) mass is 267 g/mol. The van der Waals surface area contributed by atoms with Gasteiger partial charge in [-0.2, -0.15) is 0 Å². The van der Waals surface area contributed by atoms with Crippen molar-refractivity contribution in [1.29, 1.82) is 0 Å². The smallest absolute Gasteiger partial charge is 0.339 e. The van der Waals surface area contributed by atoms with Gasteiger partial charge in [0.1, 0.15) is 5.56 Å². The predicted octanol–water partition coefficient (Wildman–Crippen LogP) is 2.08. The first-order valence-electron chi connectivity index (χ1n) is 4.67. The highest BCUT2D eigenvalue weighted by molar-refractivity contribution is 6.35. The predicted molar refractivity (Wildman–Crippen MR) is 64.8 cm³/mol.